The fourth-order valence-electron chi connectivity index (χ4n) is 4.42. The van der Waals surface area contributed by atoms with E-state index >= 15 is 0 Å². The molecule has 2 aromatic heterocycles. The van der Waals surface area contributed by atoms with Crippen LogP contribution in [0.4, 0.5) is 0 Å². The molecule has 2 heterocycles. The standard InChI is InChI=1S/C26H17N/c1-3-11-20-18(8-1)10-7-13-22(20)26-23-14-5-6-17-27(23)24-16-15-19-9-2-4-12-21(19)25(24)26/h1-17H. The second-order valence-electron chi connectivity index (χ2n) is 7.04. The average Bonchev–Trinajstić information content (AvgIpc) is 3.08. The van der Waals surface area contributed by atoms with Crippen LogP contribution < -0.4 is 0 Å². The summed E-state index contributed by atoms with van der Waals surface area (Å²) in [6.07, 6.45) is 2.17. The molecule has 0 radical (unpaired) electrons. The second kappa shape index (κ2) is 5.46. The summed E-state index contributed by atoms with van der Waals surface area (Å²) in [4.78, 5) is 0. The summed E-state index contributed by atoms with van der Waals surface area (Å²) in [5, 5.41) is 6.49. The van der Waals surface area contributed by atoms with Crippen LogP contribution in [0.1, 0.15) is 0 Å². The number of hydrogen-bond donors (Lipinski definition) is 0. The monoisotopic (exact) mass is 343 g/mol. The Bertz CT molecular complexity index is 1460. The highest BCUT2D eigenvalue weighted by Crippen LogP contribution is 2.41. The van der Waals surface area contributed by atoms with E-state index in [0.29, 0.717) is 0 Å². The molecule has 0 amide bonds. The molecule has 0 aliphatic heterocycles. The lowest BCUT2D eigenvalue weighted by Gasteiger charge is -2.08. The summed E-state index contributed by atoms with van der Waals surface area (Å²) >= 11 is 0. The van der Waals surface area contributed by atoms with E-state index in [1.807, 2.05) is 0 Å². The van der Waals surface area contributed by atoms with Gasteiger partial charge in [-0.15, -0.1) is 0 Å². The van der Waals surface area contributed by atoms with Crippen molar-refractivity contribution in [3.8, 4) is 11.1 Å². The number of hydrogen-bond acceptors (Lipinski definition) is 0. The minimum atomic E-state index is 1.25. The largest absolute Gasteiger partial charge is 0.316 e. The van der Waals surface area contributed by atoms with Gasteiger partial charge in [0.15, 0.2) is 0 Å². The summed E-state index contributed by atoms with van der Waals surface area (Å²) in [5.41, 5.74) is 5.12. The lowest BCUT2D eigenvalue weighted by Crippen LogP contribution is -1.83. The Morgan fingerprint density at radius 3 is 2.07 bits per heavy atom. The molecule has 126 valence electrons. The Labute approximate surface area is 157 Å². The molecule has 0 aliphatic rings. The molecule has 0 saturated heterocycles. The predicted molar refractivity (Wildman–Crippen MR) is 115 cm³/mol. The van der Waals surface area contributed by atoms with Gasteiger partial charge in [-0.1, -0.05) is 78.9 Å². The Kier molecular flexibility index (Phi) is 2.95. The first-order valence-corrected chi connectivity index (χ1v) is 9.30. The Morgan fingerprint density at radius 2 is 1.19 bits per heavy atom. The molecule has 1 heteroatoms. The molecule has 0 bridgehead atoms. The van der Waals surface area contributed by atoms with Crippen LogP contribution in [0.25, 0.3) is 49.1 Å². The molecular formula is C26H17N. The van der Waals surface area contributed by atoms with Gasteiger partial charge in [-0.2, -0.15) is 0 Å². The second-order valence-corrected chi connectivity index (χ2v) is 7.04. The Hall–Kier alpha value is -3.58. The van der Waals surface area contributed by atoms with E-state index in [4.69, 9.17) is 0 Å². The van der Waals surface area contributed by atoms with Crippen LogP contribution in [0, 0.1) is 0 Å². The Morgan fingerprint density at radius 1 is 0.481 bits per heavy atom. The predicted octanol–water partition coefficient (Wildman–Crippen LogP) is 7.07. The van der Waals surface area contributed by atoms with Gasteiger partial charge in [0.2, 0.25) is 0 Å². The first kappa shape index (κ1) is 14.6. The smallest absolute Gasteiger partial charge is 0.0541 e. The van der Waals surface area contributed by atoms with Crippen molar-refractivity contribution in [3.63, 3.8) is 0 Å². The van der Waals surface area contributed by atoms with E-state index in [9.17, 15) is 0 Å². The molecule has 0 spiro atoms. The summed E-state index contributed by atoms with van der Waals surface area (Å²) in [6.45, 7) is 0. The number of fused-ring (bicyclic) bond motifs is 6. The molecule has 0 aliphatic carbocycles. The van der Waals surface area contributed by atoms with Gasteiger partial charge < -0.3 is 4.40 Å². The lowest BCUT2D eigenvalue weighted by atomic mass is 9.94. The third-order valence-corrected chi connectivity index (χ3v) is 5.59. The van der Waals surface area contributed by atoms with Gasteiger partial charge in [-0.25, -0.2) is 0 Å². The van der Waals surface area contributed by atoms with E-state index in [2.05, 4.69) is 108 Å². The van der Waals surface area contributed by atoms with E-state index in [1.54, 1.807) is 0 Å². The van der Waals surface area contributed by atoms with E-state index < -0.39 is 0 Å². The summed E-state index contributed by atoms with van der Waals surface area (Å²) in [7, 11) is 0. The minimum absolute atomic E-state index is 1.25. The normalized spacial score (nSPS) is 11.7. The minimum Gasteiger partial charge on any atom is -0.316 e. The van der Waals surface area contributed by atoms with Crippen LogP contribution in [0.15, 0.2) is 103 Å². The highest BCUT2D eigenvalue weighted by Gasteiger charge is 2.17. The highest BCUT2D eigenvalue weighted by molar-refractivity contribution is 6.21. The highest BCUT2D eigenvalue weighted by atomic mass is 14.9. The zero-order valence-electron chi connectivity index (χ0n) is 14.8. The first-order valence-electron chi connectivity index (χ1n) is 9.30. The van der Waals surface area contributed by atoms with Gasteiger partial charge in [0.05, 0.1) is 11.0 Å². The molecule has 0 atom stereocenters. The third kappa shape index (κ3) is 2.00. The maximum atomic E-state index is 2.32. The SMILES string of the molecule is c1ccc2c(-c3c4c5ccccc5ccc4n4ccccc34)cccc2c1. The number of pyridine rings is 1. The van der Waals surface area contributed by atoms with Crippen LogP contribution in [-0.4, -0.2) is 4.40 Å². The fourth-order valence-corrected chi connectivity index (χ4v) is 4.42. The van der Waals surface area contributed by atoms with Crippen molar-refractivity contribution < 1.29 is 0 Å². The van der Waals surface area contributed by atoms with Crippen molar-refractivity contribution in [1.29, 1.82) is 0 Å². The van der Waals surface area contributed by atoms with Gasteiger partial charge >= 0.3 is 0 Å². The number of nitrogens with zero attached hydrogens (tertiary/aromatic N) is 1. The third-order valence-electron chi connectivity index (χ3n) is 5.59. The molecule has 0 N–H and O–H groups in total. The molecule has 6 aromatic rings. The topological polar surface area (TPSA) is 4.41 Å². The molecule has 4 aromatic carbocycles. The van der Waals surface area contributed by atoms with Crippen LogP contribution in [0.2, 0.25) is 0 Å². The summed E-state index contributed by atoms with van der Waals surface area (Å²) in [5.74, 6) is 0. The zero-order chi connectivity index (χ0) is 17.8. The number of aromatic nitrogens is 1. The molecule has 0 unspecified atom stereocenters. The molecule has 1 nitrogen and oxygen atoms in total. The molecule has 27 heavy (non-hydrogen) atoms. The van der Waals surface area contributed by atoms with Crippen molar-refractivity contribution in [2.75, 3.05) is 0 Å². The van der Waals surface area contributed by atoms with Crippen molar-refractivity contribution in [2.45, 2.75) is 0 Å². The van der Waals surface area contributed by atoms with Gasteiger partial charge in [0.1, 0.15) is 0 Å². The van der Waals surface area contributed by atoms with Crippen molar-refractivity contribution in [2.24, 2.45) is 0 Å². The molecular weight excluding hydrogens is 326 g/mol. The van der Waals surface area contributed by atoms with Crippen LogP contribution >= 0.6 is 0 Å². The number of rotatable bonds is 1. The lowest BCUT2D eigenvalue weighted by molar-refractivity contribution is 1.26. The summed E-state index contributed by atoms with van der Waals surface area (Å²) in [6, 6.07) is 34.9. The maximum absolute atomic E-state index is 2.32. The van der Waals surface area contributed by atoms with Crippen LogP contribution in [-0.2, 0) is 0 Å². The van der Waals surface area contributed by atoms with Gasteiger partial charge in [-0.05, 0) is 45.3 Å². The van der Waals surface area contributed by atoms with Crippen LogP contribution in [0.5, 0.6) is 0 Å². The Balaban J connectivity index is 1.92. The quantitative estimate of drug-likeness (QED) is 0.301. The molecule has 6 rings (SSSR count). The molecule has 0 saturated carbocycles. The zero-order valence-corrected chi connectivity index (χ0v) is 14.8. The van der Waals surface area contributed by atoms with E-state index in [1.165, 1.54) is 49.1 Å². The fraction of sp³-hybridized carbons (Fsp3) is 0. The molecule has 0 fully saturated rings. The number of benzene rings is 4. The van der Waals surface area contributed by atoms with Gasteiger partial charge in [-0.3, -0.25) is 0 Å². The van der Waals surface area contributed by atoms with E-state index in [-0.39, 0.29) is 0 Å². The van der Waals surface area contributed by atoms with E-state index in [0.717, 1.165) is 0 Å². The van der Waals surface area contributed by atoms with Crippen LogP contribution in [0.3, 0.4) is 0 Å². The van der Waals surface area contributed by atoms with Gasteiger partial charge in [0, 0.05) is 17.1 Å². The van der Waals surface area contributed by atoms with Gasteiger partial charge in [0.25, 0.3) is 0 Å². The van der Waals surface area contributed by atoms with Crippen molar-refractivity contribution in [3.05, 3.63) is 103 Å². The van der Waals surface area contributed by atoms with Crippen molar-refractivity contribution in [1.82, 2.24) is 4.40 Å². The summed E-state index contributed by atoms with van der Waals surface area (Å²) < 4.78 is 2.32. The maximum Gasteiger partial charge on any atom is 0.0541 e. The van der Waals surface area contributed by atoms with Crippen molar-refractivity contribution >= 4 is 38.0 Å². The average molecular weight is 343 g/mol. The first-order chi connectivity index (χ1) is 13.4.